The molecule has 1 aromatic heterocycles. The molecule has 21 heavy (non-hydrogen) atoms. The second kappa shape index (κ2) is 6.24. The zero-order valence-corrected chi connectivity index (χ0v) is 13.5. The van der Waals surface area contributed by atoms with Crippen molar-refractivity contribution in [1.82, 2.24) is 20.2 Å². The van der Waals surface area contributed by atoms with Crippen molar-refractivity contribution in [3.63, 3.8) is 0 Å². The van der Waals surface area contributed by atoms with E-state index in [0.717, 1.165) is 29.2 Å². The molecule has 0 aliphatic heterocycles. The number of hydrogen-bond acceptors (Lipinski definition) is 4. The Kier molecular flexibility index (Phi) is 4.60. The van der Waals surface area contributed by atoms with Crippen LogP contribution in [0.4, 0.5) is 5.69 Å². The molecule has 1 heterocycles. The van der Waals surface area contributed by atoms with Crippen molar-refractivity contribution < 1.29 is 0 Å². The van der Waals surface area contributed by atoms with Crippen LogP contribution in [-0.4, -0.2) is 20.2 Å². The molecule has 5 heteroatoms. The van der Waals surface area contributed by atoms with E-state index in [0.29, 0.717) is 17.8 Å². The van der Waals surface area contributed by atoms with Crippen LogP contribution in [0.25, 0.3) is 11.4 Å². The van der Waals surface area contributed by atoms with E-state index < -0.39 is 0 Å². The predicted molar refractivity (Wildman–Crippen MR) is 85.6 cm³/mol. The van der Waals surface area contributed by atoms with E-state index in [2.05, 4.69) is 43.2 Å². The minimum Gasteiger partial charge on any atom is -0.398 e. The van der Waals surface area contributed by atoms with Gasteiger partial charge in [-0.15, -0.1) is 5.10 Å². The minimum absolute atomic E-state index is 0.536. The van der Waals surface area contributed by atoms with Crippen LogP contribution in [0.3, 0.4) is 0 Å². The Morgan fingerprint density at radius 3 is 2.43 bits per heavy atom. The summed E-state index contributed by atoms with van der Waals surface area (Å²) in [6.07, 6.45) is 0. The average Bonchev–Trinajstić information content (AvgIpc) is 2.86. The highest BCUT2D eigenvalue weighted by Gasteiger charge is 2.21. The summed E-state index contributed by atoms with van der Waals surface area (Å²) in [4.78, 5) is 0. The molecule has 0 aliphatic rings. The molecule has 1 aromatic carbocycles. The number of benzene rings is 1. The summed E-state index contributed by atoms with van der Waals surface area (Å²) in [6.45, 7) is 11.8. The monoisotopic (exact) mass is 287 g/mol. The molecule has 5 nitrogen and oxygen atoms in total. The molecule has 2 N–H and O–H groups in total. The van der Waals surface area contributed by atoms with E-state index >= 15 is 0 Å². The Hall–Kier alpha value is -1.91. The van der Waals surface area contributed by atoms with Gasteiger partial charge in [-0.05, 0) is 46.7 Å². The Labute approximate surface area is 126 Å². The third-order valence-electron chi connectivity index (χ3n) is 4.24. The fraction of sp³-hybridized carbons (Fsp3) is 0.562. The molecule has 0 aliphatic carbocycles. The van der Waals surface area contributed by atoms with Crippen molar-refractivity contribution in [1.29, 1.82) is 0 Å². The SMILES string of the molecule is Cc1c(N)cccc1-c1nnnn1CC(C(C)C)C(C)C. The lowest BCUT2D eigenvalue weighted by Crippen LogP contribution is -2.23. The van der Waals surface area contributed by atoms with Gasteiger partial charge in [-0.25, -0.2) is 4.68 Å². The average molecular weight is 287 g/mol. The third-order valence-corrected chi connectivity index (χ3v) is 4.24. The molecular formula is C16H25N5. The maximum Gasteiger partial charge on any atom is 0.182 e. The molecule has 0 amide bonds. The summed E-state index contributed by atoms with van der Waals surface area (Å²) < 4.78 is 1.91. The number of nitrogen functional groups attached to an aromatic ring is 1. The van der Waals surface area contributed by atoms with Crippen molar-refractivity contribution in [2.24, 2.45) is 17.8 Å². The summed E-state index contributed by atoms with van der Waals surface area (Å²) in [6, 6.07) is 5.87. The summed E-state index contributed by atoms with van der Waals surface area (Å²) in [5, 5.41) is 12.3. The van der Waals surface area contributed by atoms with Crippen molar-refractivity contribution >= 4 is 5.69 Å². The van der Waals surface area contributed by atoms with E-state index in [9.17, 15) is 0 Å². The van der Waals surface area contributed by atoms with Crippen LogP contribution in [0.5, 0.6) is 0 Å². The van der Waals surface area contributed by atoms with Crippen LogP contribution in [0.2, 0.25) is 0 Å². The fourth-order valence-electron chi connectivity index (χ4n) is 2.81. The molecule has 0 bridgehead atoms. The zero-order chi connectivity index (χ0) is 15.6. The highest BCUT2D eigenvalue weighted by molar-refractivity contribution is 5.67. The molecule has 2 aromatic rings. The fourth-order valence-corrected chi connectivity index (χ4v) is 2.81. The van der Waals surface area contributed by atoms with Gasteiger partial charge in [-0.1, -0.05) is 39.8 Å². The van der Waals surface area contributed by atoms with Gasteiger partial charge in [0, 0.05) is 17.8 Å². The second-order valence-electron chi connectivity index (χ2n) is 6.36. The van der Waals surface area contributed by atoms with Gasteiger partial charge in [0.15, 0.2) is 5.82 Å². The highest BCUT2D eigenvalue weighted by atomic mass is 15.5. The van der Waals surface area contributed by atoms with Crippen molar-refractivity contribution in [3.8, 4) is 11.4 Å². The maximum atomic E-state index is 6.00. The Balaban J connectivity index is 2.37. The van der Waals surface area contributed by atoms with Gasteiger partial charge in [0.1, 0.15) is 0 Å². The van der Waals surface area contributed by atoms with E-state index in [1.165, 1.54) is 0 Å². The molecule has 0 unspecified atom stereocenters. The Morgan fingerprint density at radius 1 is 1.14 bits per heavy atom. The summed E-state index contributed by atoms with van der Waals surface area (Å²) in [5.41, 5.74) is 8.80. The number of nitrogens with zero attached hydrogens (tertiary/aromatic N) is 4. The topological polar surface area (TPSA) is 69.6 Å². The lowest BCUT2D eigenvalue weighted by atomic mass is 9.85. The molecule has 0 radical (unpaired) electrons. The molecule has 114 valence electrons. The molecule has 0 atom stereocenters. The Bertz CT molecular complexity index is 592. The summed E-state index contributed by atoms with van der Waals surface area (Å²) >= 11 is 0. The molecule has 0 fully saturated rings. The van der Waals surface area contributed by atoms with Crippen LogP contribution in [0.1, 0.15) is 33.3 Å². The number of rotatable bonds is 5. The first-order valence-electron chi connectivity index (χ1n) is 7.53. The van der Waals surface area contributed by atoms with Crippen molar-refractivity contribution in [2.45, 2.75) is 41.2 Å². The van der Waals surface area contributed by atoms with Gasteiger partial charge >= 0.3 is 0 Å². The zero-order valence-electron chi connectivity index (χ0n) is 13.5. The smallest absolute Gasteiger partial charge is 0.182 e. The lowest BCUT2D eigenvalue weighted by Gasteiger charge is -2.24. The number of tetrazole rings is 1. The van der Waals surface area contributed by atoms with Gasteiger partial charge in [-0.3, -0.25) is 0 Å². The van der Waals surface area contributed by atoms with Gasteiger partial charge in [0.2, 0.25) is 0 Å². The van der Waals surface area contributed by atoms with Crippen LogP contribution >= 0.6 is 0 Å². The second-order valence-corrected chi connectivity index (χ2v) is 6.36. The van der Waals surface area contributed by atoms with Gasteiger partial charge < -0.3 is 5.73 Å². The highest BCUT2D eigenvalue weighted by Crippen LogP contribution is 2.27. The van der Waals surface area contributed by atoms with Crippen molar-refractivity contribution in [2.75, 3.05) is 5.73 Å². The standard InChI is InChI=1S/C16H25N5/c1-10(2)14(11(3)4)9-21-16(18-19-20-21)13-7-6-8-15(17)12(13)5/h6-8,10-11,14H,9,17H2,1-5H3. The lowest BCUT2D eigenvalue weighted by molar-refractivity contribution is 0.242. The van der Waals surface area contributed by atoms with Gasteiger partial charge in [-0.2, -0.15) is 0 Å². The molecular weight excluding hydrogens is 262 g/mol. The first kappa shape index (κ1) is 15.5. The van der Waals surface area contributed by atoms with Gasteiger partial charge in [0.05, 0.1) is 0 Å². The van der Waals surface area contributed by atoms with Crippen molar-refractivity contribution in [3.05, 3.63) is 23.8 Å². The number of aromatic nitrogens is 4. The number of hydrogen-bond donors (Lipinski definition) is 1. The first-order chi connectivity index (χ1) is 9.91. The quantitative estimate of drug-likeness (QED) is 0.858. The Morgan fingerprint density at radius 2 is 1.81 bits per heavy atom. The number of nitrogens with two attached hydrogens (primary N) is 1. The summed E-state index contributed by atoms with van der Waals surface area (Å²) in [7, 11) is 0. The van der Waals surface area contributed by atoms with E-state index in [1.54, 1.807) is 0 Å². The molecule has 0 saturated heterocycles. The van der Waals surface area contributed by atoms with Crippen LogP contribution in [-0.2, 0) is 6.54 Å². The molecule has 0 saturated carbocycles. The predicted octanol–water partition coefficient (Wildman–Crippen LogP) is 3.16. The largest absolute Gasteiger partial charge is 0.398 e. The van der Waals surface area contributed by atoms with E-state index in [-0.39, 0.29) is 0 Å². The van der Waals surface area contributed by atoms with Crippen LogP contribution < -0.4 is 5.73 Å². The molecule has 2 rings (SSSR count). The molecule has 0 spiro atoms. The minimum atomic E-state index is 0.536. The normalized spacial score (nSPS) is 11.8. The first-order valence-corrected chi connectivity index (χ1v) is 7.53. The van der Waals surface area contributed by atoms with E-state index in [1.807, 2.05) is 29.8 Å². The third kappa shape index (κ3) is 3.23. The maximum absolute atomic E-state index is 6.00. The van der Waals surface area contributed by atoms with Gasteiger partial charge in [0.25, 0.3) is 0 Å². The number of anilines is 1. The van der Waals surface area contributed by atoms with Crippen LogP contribution in [0.15, 0.2) is 18.2 Å². The summed E-state index contributed by atoms with van der Waals surface area (Å²) in [5.74, 6) is 2.51. The van der Waals surface area contributed by atoms with Crippen LogP contribution in [0, 0.1) is 24.7 Å². The van der Waals surface area contributed by atoms with E-state index in [4.69, 9.17) is 5.73 Å².